The van der Waals surface area contributed by atoms with Crippen molar-refractivity contribution in [1.29, 1.82) is 0 Å². The lowest BCUT2D eigenvalue weighted by atomic mass is 10.0. The molecule has 1 heterocycles. The zero-order valence-electron chi connectivity index (χ0n) is 13.5. The van der Waals surface area contributed by atoms with Gasteiger partial charge in [0.25, 0.3) is 0 Å². The van der Waals surface area contributed by atoms with Gasteiger partial charge in [-0.3, -0.25) is 9.78 Å². The van der Waals surface area contributed by atoms with Crippen molar-refractivity contribution in [2.24, 2.45) is 5.73 Å². The molecule has 0 saturated carbocycles. The van der Waals surface area contributed by atoms with Crippen LogP contribution in [-0.2, 0) is 11.2 Å². The summed E-state index contributed by atoms with van der Waals surface area (Å²) in [5.74, 6) is -0.762. The van der Waals surface area contributed by atoms with Gasteiger partial charge in [-0.15, -0.1) is 0 Å². The first kappa shape index (κ1) is 16.6. The van der Waals surface area contributed by atoms with Crippen molar-refractivity contribution in [3.8, 4) is 11.1 Å². The molecule has 3 rings (SSSR count). The highest BCUT2D eigenvalue weighted by atomic mass is 19.1. The van der Waals surface area contributed by atoms with Crippen LogP contribution in [0.2, 0.25) is 0 Å². The fourth-order valence-corrected chi connectivity index (χ4v) is 2.58. The summed E-state index contributed by atoms with van der Waals surface area (Å²) in [5, 5.41) is 3.14. The zero-order chi connectivity index (χ0) is 17.6. The van der Waals surface area contributed by atoms with E-state index in [2.05, 4.69) is 10.3 Å². The quantitative estimate of drug-likeness (QED) is 0.725. The van der Waals surface area contributed by atoms with Gasteiger partial charge in [-0.05, 0) is 53.1 Å². The second kappa shape index (κ2) is 7.57. The number of amides is 1. The van der Waals surface area contributed by atoms with Gasteiger partial charge in [0.15, 0.2) is 0 Å². The Morgan fingerprint density at radius 1 is 0.960 bits per heavy atom. The zero-order valence-corrected chi connectivity index (χ0v) is 13.5. The molecule has 25 heavy (non-hydrogen) atoms. The van der Waals surface area contributed by atoms with Crippen LogP contribution in [0.15, 0.2) is 73.1 Å². The lowest BCUT2D eigenvalue weighted by Crippen LogP contribution is -2.37. The van der Waals surface area contributed by atoms with Crippen molar-refractivity contribution in [3.05, 3.63) is 84.4 Å². The number of benzene rings is 2. The number of anilines is 1. The summed E-state index contributed by atoms with van der Waals surface area (Å²) < 4.78 is 13.0. The normalized spacial score (nSPS) is 11.7. The average Bonchev–Trinajstić information content (AvgIpc) is 2.64. The van der Waals surface area contributed by atoms with E-state index in [4.69, 9.17) is 5.73 Å². The molecule has 1 aromatic heterocycles. The van der Waals surface area contributed by atoms with E-state index in [0.717, 1.165) is 22.4 Å². The van der Waals surface area contributed by atoms with E-state index in [-0.39, 0.29) is 5.82 Å². The third kappa shape index (κ3) is 4.41. The lowest BCUT2D eigenvalue weighted by molar-refractivity contribution is -0.118. The Balaban J connectivity index is 1.72. The molecule has 4 nitrogen and oxygen atoms in total. The standard InChI is InChI=1S/C20H18FN3O/c21-17-5-1-14(2-6-17)13-19(20(22)25)24-18-7-3-15(4-8-18)16-9-11-23-12-10-16/h1-12,19,24H,13H2,(H2,22,25). The Kier molecular flexibility index (Phi) is 5.04. The minimum atomic E-state index is -0.572. The summed E-state index contributed by atoms with van der Waals surface area (Å²) in [5.41, 5.74) is 9.26. The maximum atomic E-state index is 13.0. The SMILES string of the molecule is NC(=O)C(Cc1ccc(F)cc1)Nc1ccc(-c2ccncc2)cc1. The summed E-state index contributed by atoms with van der Waals surface area (Å²) >= 11 is 0. The first-order valence-corrected chi connectivity index (χ1v) is 7.92. The fraction of sp³-hybridized carbons (Fsp3) is 0.100. The molecule has 3 N–H and O–H groups in total. The number of nitrogens with two attached hydrogens (primary N) is 1. The summed E-state index contributed by atoms with van der Waals surface area (Å²) in [4.78, 5) is 15.7. The van der Waals surface area contributed by atoms with Crippen LogP contribution >= 0.6 is 0 Å². The molecule has 0 fully saturated rings. The van der Waals surface area contributed by atoms with Crippen LogP contribution < -0.4 is 11.1 Å². The van der Waals surface area contributed by atoms with E-state index in [1.807, 2.05) is 36.4 Å². The number of carbonyl (C=O) groups excluding carboxylic acids is 1. The highest BCUT2D eigenvalue weighted by Crippen LogP contribution is 2.21. The van der Waals surface area contributed by atoms with Crippen molar-refractivity contribution >= 4 is 11.6 Å². The molecular weight excluding hydrogens is 317 g/mol. The molecule has 126 valence electrons. The molecule has 0 spiro atoms. The Morgan fingerprint density at radius 2 is 1.56 bits per heavy atom. The Bertz CT molecular complexity index is 833. The van der Waals surface area contributed by atoms with Gasteiger partial charge in [0.1, 0.15) is 11.9 Å². The van der Waals surface area contributed by atoms with Crippen molar-refractivity contribution in [1.82, 2.24) is 4.98 Å². The van der Waals surface area contributed by atoms with Crippen LogP contribution in [-0.4, -0.2) is 16.9 Å². The van der Waals surface area contributed by atoms with E-state index >= 15 is 0 Å². The number of nitrogens with one attached hydrogen (secondary N) is 1. The van der Waals surface area contributed by atoms with Gasteiger partial charge < -0.3 is 11.1 Å². The highest BCUT2D eigenvalue weighted by molar-refractivity contribution is 5.83. The van der Waals surface area contributed by atoms with E-state index in [9.17, 15) is 9.18 Å². The topological polar surface area (TPSA) is 68.0 Å². The van der Waals surface area contributed by atoms with Gasteiger partial charge in [-0.25, -0.2) is 4.39 Å². The van der Waals surface area contributed by atoms with E-state index in [0.29, 0.717) is 6.42 Å². The van der Waals surface area contributed by atoms with Gasteiger partial charge in [-0.1, -0.05) is 24.3 Å². The number of nitrogens with zero attached hydrogens (tertiary/aromatic N) is 1. The van der Waals surface area contributed by atoms with E-state index in [1.165, 1.54) is 12.1 Å². The molecular formula is C20H18FN3O. The highest BCUT2D eigenvalue weighted by Gasteiger charge is 2.16. The van der Waals surface area contributed by atoms with Crippen LogP contribution in [0.4, 0.5) is 10.1 Å². The first-order valence-electron chi connectivity index (χ1n) is 7.92. The van der Waals surface area contributed by atoms with Crippen LogP contribution in [0.1, 0.15) is 5.56 Å². The number of aromatic nitrogens is 1. The van der Waals surface area contributed by atoms with Crippen LogP contribution in [0, 0.1) is 5.82 Å². The summed E-state index contributed by atoms with van der Waals surface area (Å²) in [6, 6.07) is 17.1. The maximum absolute atomic E-state index is 13.0. The second-order valence-corrected chi connectivity index (χ2v) is 5.74. The van der Waals surface area contributed by atoms with Gasteiger partial charge in [0.2, 0.25) is 5.91 Å². The van der Waals surface area contributed by atoms with Gasteiger partial charge in [0, 0.05) is 24.5 Å². The fourth-order valence-electron chi connectivity index (χ4n) is 2.58. The predicted octanol–water partition coefficient (Wildman–Crippen LogP) is 3.40. The predicted molar refractivity (Wildman–Crippen MR) is 96.4 cm³/mol. The van der Waals surface area contributed by atoms with Crippen LogP contribution in [0.5, 0.6) is 0 Å². The molecule has 0 aliphatic heterocycles. The summed E-state index contributed by atoms with van der Waals surface area (Å²) in [6.07, 6.45) is 3.88. The van der Waals surface area contributed by atoms with Crippen LogP contribution in [0.25, 0.3) is 11.1 Å². The molecule has 3 aromatic rings. The molecule has 0 bridgehead atoms. The number of hydrogen-bond acceptors (Lipinski definition) is 3. The summed E-state index contributed by atoms with van der Waals surface area (Å²) in [7, 11) is 0. The van der Waals surface area contributed by atoms with Crippen molar-refractivity contribution in [2.75, 3.05) is 5.32 Å². The largest absolute Gasteiger partial charge is 0.373 e. The smallest absolute Gasteiger partial charge is 0.240 e. The molecule has 0 aliphatic carbocycles. The lowest BCUT2D eigenvalue weighted by Gasteiger charge is -2.17. The Hall–Kier alpha value is -3.21. The van der Waals surface area contributed by atoms with Gasteiger partial charge in [0.05, 0.1) is 0 Å². The molecule has 0 aliphatic rings. The molecule has 1 amide bonds. The molecule has 0 radical (unpaired) electrons. The van der Waals surface area contributed by atoms with Gasteiger partial charge >= 0.3 is 0 Å². The van der Waals surface area contributed by atoms with Crippen LogP contribution in [0.3, 0.4) is 0 Å². The van der Waals surface area contributed by atoms with Crippen molar-refractivity contribution < 1.29 is 9.18 Å². The molecule has 2 aromatic carbocycles. The first-order chi connectivity index (χ1) is 12.1. The van der Waals surface area contributed by atoms with E-state index < -0.39 is 11.9 Å². The number of primary amides is 1. The molecule has 1 unspecified atom stereocenters. The minimum absolute atomic E-state index is 0.306. The Morgan fingerprint density at radius 3 is 2.16 bits per heavy atom. The Labute approximate surface area is 145 Å². The third-order valence-corrected chi connectivity index (χ3v) is 3.94. The van der Waals surface area contributed by atoms with Gasteiger partial charge in [-0.2, -0.15) is 0 Å². The van der Waals surface area contributed by atoms with Crippen molar-refractivity contribution in [3.63, 3.8) is 0 Å². The number of halogens is 1. The second-order valence-electron chi connectivity index (χ2n) is 5.74. The summed E-state index contributed by atoms with van der Waals surface area (Å²) in [6.45, 7) is 0. The number of rotatable bonds is 6. The number of carbonyl (C=O) groups is 1. The third-order valence-electron chi connectivity index (χ3n) is 3.94. The molecule has 0 saturated heterocycles. The molecule has 1 atom stereocenters. The monoisotopic (exact) mass is 335 g/mol. The minimum Gasteiger partial charge on any atom is -0.373 e. The number of pyridine rings is 1. The number of hydrogen-bond donors (Lipinski definition) is 2. The van der Waals surface area contributed by atoms with E-state index in [1.54, 1.807) is 24.5 Å². The van der Waals surface area contributed by atoms with Crippen molar-refractivity contribution in [2.45, 2.75) is 12.5 Å². The molecule has 5 heteroatoms. The average molecular weight is 335 g/mol. The maximum Gasteiger partial charge on any atom is 0.240 e.